The van der Waals surface area contributed by atoms with Crippen LogP contribution >= 0.6 is 0 Å². The van der Waals surface area contributed by atoms with Gasteiger partial charge in [-0.15, -0.1) is 0 Å². The van der Waals surface area contributed by atoms with Gasteiger partial charge in [0.25, 0.3) is 0 Å². The fourth-order valence-electron chi connectivity index (χ4n) is 2.31. The van der Waals surface area contributed by atoms with Gasteiger partial charge in [-0.25, -0.2) is 4.98 Å². The molecule has 4 nitrogen and oxygen atoms in total. The van der Waals surface area contributed by atoms with Crippen LogP contribution in [0.2, 0.25) is 0 Å². The minimum absolute atomic E-state index is 0.124. The van der Waals surface area contributed by atoms with Crippen molar-refractivity contribution in [1.82, 2.24) is 10.3 Å². The number of methoxy groups -OCH3 is 1. The van der Waals surface area contributed by atoms with Crippen LogP contribution in [0.1, 0.15) is 25.0 Å². The summed E-state index contributed by atoms with van der Waals surface area (Å²) in [5.74, 6) is 1.05. The zero-order valence-electron chi connectivity index (χ0n) is 10.2. The van der Waals surface area contributed by atoms with Crippen LogP contribution < -0.4 is 10.1 Å². The molecule has 4 heteroatoms. The third kappa shape index (κ3) is 3.41. The SMILES string of the molecule is COc1cccc(CNCC2CCCC2O)n1. The van der Waals surface area contributed by atoms with E-state index in [2.05, 4.69) is 10.3 Å². The van der Waals surface area contributed by atoms with Crippen molar-refractivity contribution in [2.45, 2.75) is 31.9 Å². The van der Waals surface area contributed by atoms with Gasteiger partial charge in [-0.3, -0.25) is 0 Å². The molecule has 94 valence electrons. The molecule has 2 unspecified atom stereocenters. The molecule has 0 bridgehead atoms. The average molecular weight is 236 g/mol. The van der Waals surface area contributed by atoms with Crippen molar-refractivity contribution in [3.8, 4) is 5.88 Å². The summed E-state index contributed by atoms with van der Waals surface area (Å²) in [5.41, 5.74) is 0.969. The molecule has 0 aromatic carbocycles. The van der Waals surface area contributed by atoms with E-state index >= 15 is 0 Å². The summed E-state index contributed by atoms with van der Waals surface area (Å²) in [5, 5.41) is 13.0. The normalized spacial score (nSPS) is 23.9. The fraction of sp³-hybridized carbons (Fsp3) is 0.615. The van der Waals surface area contributed by atoms with Crippen molar-refractivity contribution in [1.29, 1.82) is 0 Å². The zero-order valence-corrected chi connectivity index (χ0v) is 10.2. The topological polar surface area (TPSA) is 54.4 Å². The molecular weight excluding hydrogens is 216 g/mol. The highest BCUT2D eigenvalue weighted by Crippen LogP contribution is 2.24. The Morgan fingerprint density at radius 3 is 3.06 bits per heavy atom. The first kappa shape index (κ1) is 12.3. The summed E-state index contributed by atoms with van der Waals surface area (Å²) in [7, 11) is 1.62. The molecule has 0 aliphatic heterocycles. The van der Waals surface area contributed by atoms with Crippen LogP contribution in [0.15, 0.2) is 18.2 Å². The van der Waals surface area contributed by atoms with Gasteiger partial charge in [0.05, 0.1) is 18.9 Å². The van der Waals surface area contributed by atoms with E-state index in [0.717, 1.165) is 38.0 Å². The maximum atomic E-state index is 9.69. The number of aliphatic hydroxyl groups is 1. The molecule has 0 radical (unpaired) electrons. The average Bonchev–Trinajstić information content (AvgIpc) is 2.76. The zero-order chi connectivity index (χ0) is 12.1. The van der Waals surface area contributed by atoms with E-state index < -0.39 is 0 Å². The number of rotatable bonds is 5. The Labute approximate surface area is 102 Å². The number of hydrogen-bond acceptors (Lipinski definition) is 4. The predicted octanol–water partition coefficient (Wildman–Crippen LogP) is 1.34. The van der Waals surface area contributed by atoms with Crippen molar-refractivity contribution in [2.24, 2.45) is 5.92 Å². The Bertz CT molecular complexity index is 357. The second-order valence-electron chi connectivity index (χ2n) is 4.56. The van der Waals surface area contributed by atoms with Crippen LogP contribution in [0, 0.1) is 5.92 Å². The minimum atomic E-state index is -0.124. The maximum Gasteiger partial charge on any atom is 0.213 e. The fourth-order valence-corrected chi connectivity index (χ4v) is 2.31. The van der Waals surface area contributed by atoms with E-state index in [1.165, 1.54) is 0 Å². The Balaban J connectivity index is 1.77. The highest BCUT2D eigenvalue weighted by Gasteiger charge is 2.24. The van der Waals surface area contributed by atoms with E-state index in [1.807, 2.05) is 18.2 Å². The van der Waals surface area contributed by atoms with Gasteiger partial charge in [-0.2, -0.15) is 0 Å². The third-order valence-electron chi connectivity index (χ3n) is 3.32. The molecule has 0 spiro atoms. The summed E-state index contributed by atoms with van der Waals surface area (Å²) in [4.78, 5) is 4.33. The van der Waals surface area contributed by atoms with Crippen molar-refractivity contribution < 1.29 is 9.84 Å². The molecule has 1 heterocycles. The van der Waals surface area contributed by atoms with E-state index in [-0.39, 0.29) is 6.10 Å². The lowest BCUT2D eigenvalue weighted by Crippen LogP contribution is -2.27. The highest BCUT2D eigenvalue weighted by molar-refractivity contribution is 5.15. The van der Waals surface area contributed by atoms with Gasteiger partial charge in [0.1, 0.15) is 0 Å². The third-order valence-corrected chi connectivity index (χ3v) is 3.32. The molecule has 1 aromatic rings. The van der Waals surface area contributed by atoms with Crippen molar-refractivity contribution >= 4 is 0 Å². The summed E-state index contributed by atoms with van der Waals surface area (Å²) in [6, 6.07) is 5.75. The molecule has 0 amide bonds. The van der Waals surface area contributed by atoms with Gasteiger partial charge < -0.3 is 15.2 Å². The first-order chi connectivity index (χ1) is 8.29. The number of hydrogen-bond donors (Lipinski definition) is 2. The van der Waals surface area contributed by atoms with Crippen LogP contribution in [-0.4, -0.2) is 29.8 Å². The number of nitrogens with zero attached hydrogens (tertiary/aromatic N) is 1. The quantitative estimate of drug-likeness (QED) is 0.810. The number of ether oxygens (including phenoxy) is 1. The molecule has 0 saturated heterocycles. The summed E-state index contributed by atoms with van der Waals surface area (Å²) in [6.45, 7) is 1.58. The lowest BCUT2D eigenvalue weighted by Gasteiger charge is -2.14. The first-order valence-electron chi connectivity index (χ1n) is 6.18. The van der Waals surface area contributed by atoms with Gasteiger partial charge in [0.15, 0.2) is 0 Å². The lowest BCUT2D eigenvalue weighted by atomic mass is 10.1. The molecule has 1 fully saturated rings. The predicted molar refractivity (Wildman–Crippen MR) is 65.8 cm³/mol. The number of aliphatic hydroxyl groups excluding tert-OH is 1. The molecule has 2 N–H and O–H groups in total. The summed E-state index contributed by atoms with van der Waals surface area (Å²) >= 11 is 0. The van der Waals surface area contributed by atoms with Crippen LogP contribution in [0.5, 0.6) is 5.88 Å². The lowest BCUT2D eigenvalue weighted by molar-refractivity contribution is 0.131. The molecule has 2 atom stereocenters. The first-order valence-corrected chi connectivity index (χ1v) is 6.18. The highest BCUT2D eigenvalue weighted by atomic mass is 16.5. The van der Waals surface area contributed by atoms with Gasteiger partial charge in [-0.1, -0.05) is 12.5 Å². The van der Waals surface area contributed by atoms with E-state index in [1.54, 1.807) is 7.11 Å². The largest absolute Gasteiger partial charge is 0.481 e. The Morgan fingerprint density at radius 2 is 2.35 bits per heavy atom. The maximum absolute atomic E-state index is 9.69. The Kier molecular flexibility index (Phi) is 4.34. The van der Waals surface area contributed by atoms with E-state index in [4.69, 9.17) is 4.74 Å². The monoisotopic (exact) mass is 236 g/mol. The molecule has 1 aliphatic rings. The van der Waals surface area contributed by atoms with Crippen LogP contribution in [-0.2, 0) is 6.54 Å². The second-order valence-corrected chi connectivity index (χ2v) is 4.56. The van der Waals surface area contributed by atoms with Gasteiger partial charge in [0, 0.05) is 19.2 Å². The van der Waals surface area contributed by atoms with E-state index in [9.17, 15) is 5.11 Å². The molecule has 17 heavy (non-hydrogen) atoms. The molecule has 1 saturated carbocycles. The number of pyridine rings is 1. The van der Waals surface area contributed by atoms with Crippen molar-refractivity contribution in [3.63, 3.8) is 0 Å². The van der Waals surface area contributed by atoms with Crippen molar-refractivity contribution in [2.75, 3.05) is 13.7 Å². The van der Waals surface area contributed by atoms with Gasteiger partial charge in [0.2, 0.25) is 5.88 Å². The Morgan fingerprint density at radius 1 is 1.47 bits per heavy atom. The van der Waals surface area contributed by atoms with E-state index in [0.29, 0.717) is 11.8 Å². The second kappa shape index (κ2) is 5.98. The van der Waals surface area contributed by atoms with Crippen LogP contribution in [0.3, 0.4) is 0 Å². The van der Waals surface area contributed by atoms with Crippen LogP contribution in [0.4, 0.5) is 0 Å². The molecule has 2 rings (SSSR count). The smallest absolute Gasteiger partial charge is 0.213 e. The summed E-state index contributed by atoms with van der Waals surface area (Å²) < 4.78 is 5.07. The van der Waals surface area contributed by atoms with Crippen molar-refractivity contribution in [3.05, 3.63) is 23.9 Å². The minimum Gasteiger partial charge on any atom is -0.481 e. The molecule has 1 aromatic heterocycles. The Hall–Kier alpha value is -1.13. The standard InChI is InChI=1S/C13H20N2O2/c1-17-13-7-3-5-11(15-13)9-14-8-10-4-2-6-12(10)16/h3,5,7,10,12,14,16H,2,4,6,8-9H2,1H3. The molecular formula is C13H20N2O2. The van der Waals surface area contributed by atoms with Crippen LogP contribution in [0.25, 0.3) is 0 Å². The number of aromatic nitrogens is 1. The van der Waals surface area contributed by atoms with Gasteiger partial charge in [-0.05, 0) is 24.8 Å². The van der Waals surface area contributed by atoms with Gasteiger partial charge >= 0.3 is 0 Å². The molecule has 1 aliphatic carbocycles. The summed E-state index contributed by atoms with van der Waals surface area (Å²) in [6.07, 6.45) is 3.09. The number of nitrogens with one attached hydrogen (secondary N) is 1.